The molecule has 0 amide bonds. The number of carbonyl (C=O) groups excluding carboxylic acids is 3. The number of esters is 3. The van der Waals surface area contributed by atoms with Crippen LogP contribution < -0.4 is 5.32 Å². The van der Waals surface area contributed by atoms with E-state index in [1.54, 1.807) is 0 Å². The van der Waals surface area contributed by atoms with Crippen LogP contribution in [0.2, 0.25) is 0 Å². The SMILES string of the molecule is CCCCCCCCCCCCCOC(=O)CCN(CCC(=O)OCCCCCCCCCCCCC)CC1CCCN(C)C1.CCCCCCCCCCCCCOC(=O)CCNCC1CCCN(C)C1. The third-order valence-corrected chi connectivity index (χ3v) is 15.2. The number of carbonyl (C=O) groups is 3. The molecule has 10 nitrogen and oxygen atoms in total. The maximum atomic E-state index is 12.5. The first-order valence-corrected chi connectivity index (χ1v) is 31.5. The number of hydrogen-bond acceptors (Lipinski definition) is 10. The second-order valence-electron chi connectivity index (χ2n) is 22.6. The van der Waals surface area contributed by atoms with E-state index in [2.05, 4.69) is 54.9 Å². The third kappa shape index (κ3) is 46.8. The van der Waals surface area contributed by atoms with Gasteiger partial charge in [0.2, 0.25) is 0 Å². The maximum absolute atomic E-state index is 12.5. The van der Waals surface area contributed by atoms with Gasteiger partial charge < -0.3 is 34.2 Å². The van der Waals surface area contributed by atoms with Crippen LogP contribution in [0.5, 0.6) is 0 Å². The van der Waals surface area contributed by atoms with Crippen molar-refractivity contribution in [3.05, 3.63) is 0 Å². The molecule has 0 bridgehead atoms. The standard InChI is InChI=1S/C39H76N2O4.C23H46N2O2/c1-4-6-8-10-12-14-16-18-20-22-24-33-44-38(42)28-31-41(36-37-27-26-30-40(3)35-37)32-29-39(43)45-34-25-23-21-19-17-15-13-11-9-7-5-2;1-3-4-5-6-7-8-9-10-11-12-13-19-27-23(26)16-17-24-20-22-15-14-18-25(2)21-22/h37H,4-36H2,1-3H3;22,24H,3-21H2,1-2H3. The molecule has 0 spiro atoms. The van der Waals surface area contributed by atoms with Crippen molar-refractivity contribution in [2.45, 2.75) is 278 Å². The van der Waals surface area contributed by atoms with Crippen LogP contribution in [-0.4, -0.2) is 125 Å². The Morgan fingerprint density at radius 1 is 0.431 bits per heavy atom. The molecule has 2 saturated heterocycles. The van der Waals surface area contributed by atoms with Crippen molar-refractivity contribution in [2.75, 3.05) is 92.8 Å². The van der Waals surface area contributed by atoms with E-state index in [0.717, 1.165) is 70.7 Å². The van der Waals surface area contributed by atoms with E-state index in [4.69, 9.17) is 14.2 Å². The third-order valence-electron chi connectivity index (χ3n) is 15.2. The molecule has 2 heterocycles. The zero-order chi connectivity index (χ0) is 52.2. The van der Waals surface area contributed by atoms with Gasteiger partial charge in [-0.25, -0.2) is 0 Å². The summed E-state index contributed by atoms with van der Waals surface area (Å²) >= 11 is 0. The van der Waals surface area contributed by atoms with E-state index in [1.165, 1.54) is 219 Å². The van der Waals surface area contributed by atoms with Gasteiger partial charge >= 0.3 is 17.9 Å². The largest absolute Gasteiger partial charge is 0.466 e. The van der Waals surface area contributed by atoms with Crippen molar-refractivity contribution in [3.8, 4) is 0 Å². The van der Waals surface area contributed by atoms with Crippen molar-refractivity contribution in [1.82, 2.24) is 20.0 Å². The normalized spacial score (nSPS) is 16.4. The molecule has 0 radical (unpaired) electrons. The van der Waals surface area contributed by atoms with Gasteiger partial charge in [-0.05, 0) is 90.5 Å². The molecular weight excluding hydrogens is 897 g/mol. The highest BCUT2D eigenvalue weighted by molar-refractivity contribution is 5.70. The van der Waals surface area contributed by atoms with Gasteiger partial charge in [-0.1, -0.05) is 213 Å². The molecule has 0 aromatic rings. The van der Waals surface area contributed by atoms with Crippen LogP contribution in [0.15, 0.2) is 0 Å². The Kier molecular flexibility index (Phi) is 49.9. The molecule has 2 unspecified atom stereocenters. The fraction of sp³-hybridized carbons (Fsp3) is 0.952. The highest BCUT2D eigenvalue weighted by Gasteiger charge is 2.22. The zero-order valence-electron chi connectivity index (χ0n) is 48.7. The summed E-state index contributed by atoms with van der Waals surface area (Å²) < 4.78 is 16.5. The first kappa shape index (κ1) is 68.3. The molecule has 0 saturated carbocycles. The minimum atomic E-state index is -0.105. The van der Waals surface area contributed by atoms with E-state index < -0.39 is 0 Å². The van der Waals surface area contributed by atoms with Gasteiger partial charge in [0.1, 0.15) is 0 Å². The van der Waals surface area contributed by atoms with Crippen molar-refractivity contribution in [1.29, 1.82) is 0 Å². The molecule has 2 fully saturated rings. The minimum absolute atomic E-state index is 0.0460. The number of unbranched alkanes of at least 4 members (excludes halogenated alkanes) is 30. The van der Waals surface area contributed by atoms with Gasteiger partial charge in [-0.15, -0.1) is 0 Å². The lowest BCUT2D eigenvalue weighted by atomic mass is 9.97. The number of hydrogen-bond donors (Lipinski definition) is 1. The minimum Gasteiger partial charge on any atom is -0.466 e. The summed E-state index contributed by atoms with van der Waals surface area (Å²) in [6.45, 7) is 17.1. The van der Waals surface area contributed by atoms with E-state index in [-0.39, 0.29) is 17.9 Å². The summed E-state index contributed by atoms with van der Waals surface area (Å²) in [5, 5.41) is 3.43. The van der Waals surface area contributed by atoms with Crippen LogP contribution in [0, 0.1) is 11.8 Å². The number of nitrogens with one attached hydrogen (secondary N) is 1. The fourth-order valence-corrected chi connectivity index (χ4v) is 10.6. The van der Waals surface area contributed by atoms with Gasteiger partial charge in [0.15, 0.2) is 0 Å². The predicted molar refractivity (Wildman–Crippen MR) is 306 cm³/mol. The second-order valence-corrected chi connectivity index (χ2v) is 22.6. The molecule has 0 aromatic carbocycles. The Morgan fingerprint density at radius 3 is 1.08 bits per heavy atom. The highest BCUT2D eigenvalue weighted by atomic mass is 16.5. The van der Waals surface area contributed by atoms with Gasteiger partial charge in [0.05, 0.1) is 39.1 Å². The van der Waals surface area contributed by atoms with Crippen LogP contribution in [0.1, 0.15) is 278 Å². The number of ether oxygens (including phenoxy) is 3. The van der Waals surface area contributed by atoms with Crippen LogP contribution in [-0.2, 0) is 28.6 Å². The number of nitrogens with zero attached hydrogens (tertiary/aromatic N) is 3. The summed E-state index contributed by atoms with van der Waals surface area (Å²) in [5.74, 6) is 1.06. The Balaban J connectivity index is 0.000000816. The van der Waals surface area contributed by atoms with Gasteiger partial charge in [0, 0.05) is 39.3 Å². The Hall–Kier alpha value is -1.75. The van der Waals surface area contributed by atoms with Crippen molar-refractivity contribution in [2.24, 2.45) is 11.8 Å². The monoisotopic (exact) mass is 1020 g/mol. The highest BCUT2D eigenvalue weighted by Crippen LogP contribution is 2.19. The van der Waals surface area contributed by atoms with Crippen molar-refractivity contribution >= 4 is 17.9 Å². The number of likely N-dealkylation sites (tertiary alicyclic amines) is 2. The maximum Gasteiger partial charge on any atom is 0.307 e. The van der Waals surface area contributed by atoms with Gasteiger partial charge in [-0.3, -0.25) is 14.4 Å². The molecular formula is C62H122N4O6. The average Bonchev–Trinajstić information content (AvgIpc) is 3.37. The smallest absolute Gasteiger partial charge is 0.307 e. The molecule has 10 heteroatoms. The average molecular weight is 1020 g/mol. The Labute approximate surface area is 447 Å². The molecule has 2 aliphatic rings. The summed E-state index contributed by atoms with van der Waals surface area (Å²) in [5.41, 5.74) is 0. The lowest BCUT2D eigenvalue weighted by molar-refractivity contribution is -0.145. The molecule has 72 heavy (non-hydrogen) atoms. The molecule has 0 aromatic heterocycles. The van der Waals surface area contributed by atoms with Crippen LogP contribution in [0.3, 0.4) is 0 Å². The lowest BCUT2D eigenvalue weighted by Crippen LogP contribution is -2.40. The summed E-state index contributed by atoms with van der Waals surface area (Å²) in [7, 11) is 4.38. The van der Waals surface area contributed by atoms with E-state index in [0.29, 0.717) is 58.1 Å². The van der Waals surface area contributed by atoms with Crippen molar-refractivity contribution < 1.29 is 28.6 Å². The Morgan fingerprint density at radius 2 is 0.736 bits per heavy atom. The zero-order valence-corrected chi connectivity index (χ0v) is 48.7. The first-order valence-electron chi connectivity index (χ1n) is 31.5. The quantitative estimate of drug-likeness (QED) is 0.0360. The molecule has 0 aliphatic carbocycles. The van der Waals surface area contributed by atoms with Crippen LogP contribution in [0.25, 0.3) is 0 Å². The lowest BCUT2D eigenvalue weighted by Gasteiger charge is -2.33. The topological polar surface area (TPSA) is 101 Å². The molecule has 2 atom stereocenters. The van der Waals surface area contributed by atoms with E-state index in [1.807, 2.05) is 0 Å². The molecule has 2 rings (SSSR count). The van der Waals surface area contributed by atoms with Crippen molar-refractivity contribution in [3.63, 3.8) is 0 Å². The van der Waals surface area contributed by atoms with Crippen LogP contribution >= 0.6 is 0 Å². The molecule has 2 aliphatic heterocycles. The van der Waals surface area contributed by atoms with Gasteiger partial charge in [-0.2, -0.15) is 0 Å². The summed E-state index contributed by atoms with van der Waals surface area (Å²) in [6, 6.07) is 0. The molecule has 426 valence electrons. The summed E-state index contributed by atoms with van der Waals surface area (Å²) in [6.07, 6.45) is 49.3. The fourth-order valence-electron chi connectivity index (χ4n) is 10.6. The first-order chi connectivity index (χ1) is 35.3. The van der Waals surface area contributed by atoms with E-state index in [9.17, 15) is 14.4 Å². The predicted octanol–water partition coefficient (Wildman–Crippen LogP) is 15.3. The molecule has 1 N–H and O–H groups in total. The Bertz CT molecular complexity index is 1150. The number of rotatable bonds is 49. The summed E-state index contributed by atoms with van der Waals surface area (Å²) in [4.78, 5) is 43.9. The second kappa shape index (κ2) is 52.7. The van der Waals surface area contributed by atoms with Gasteiger partial charge in [0.25, 0.3) is 0 Å². The van der Waals surface area contributed by atoms with Crippen LogP contribution in [0.4, 0.5) is 0 Å². The number of piperidine rings is 2. The van der Waals surface area contributed by atoms with E-state index >= 15 is 0 Å².